The van der Waals surface area contributed by atoms with E-state index >= 15 is 0 Å². The molecule has 0 fully saturated rings. The van der Waals surface area contributed by atoms with E-state index in [4.69, 9.17) is 0 Å². The summed E-state index contributed by atoms with van der Waals surface area (Å²) in [4.78, 5) is 0. The van der Waals surface area contributed by atoms with E-state index in [1.54, 1.807) is 0 Å². The fourth-order valence-electron chi connectivity index (χ4n) is 2.15. The molecule has 0 spiro atoms. The van der Waals surface area contributed by atoms with Gasteiger partial charge in [0.25, 0.3) is 0 Å². The molecule has 0 atom stereocenters. The van der Waals surface area contributed by atoms with Crippen molar-refractivity contribution in [2.24, 2.45) is 0 Å². The Morgan fingerprint density at radius 3 is 3.00 bits per heavy atom. The van der Waals surface area contributed by atoms with E-state index < -0.39 is 0 Å². The van der Waals surface area contributed by atoms with Crippen molar-refractivity contribution in [2.75, 3.05) is 11.9 Å². The zero-order chi connectivity index (χ0) is 9.97. The van der Waals surface area contributed by atoms with E-state index in [2.05, 4.69) is 28.9 Å². The normalized spacial score (nSPS) is 15.0. The summed E-state index contributed by atoms with van der Waals surface area (Å²) >= 11 is 0. The molecule has 3 nitrogen and oxygen atoms in total. The number of nitrogens with zero attached hydrogens (tertiary/aromatic N) is 2. The molecule has 1 aliphatic rings. The maximum Gasteiger partial charge on any atom is 0.127 e. The molecule has 2 rings (SSSR count). The Hall–Kier alpha value is -0.990. The van der Waals surface area contributed by atoms with Gasteiger partial charge in [0.15, 0.2) is 0 Å². The Bertz CT molecular complexity index is 315. The van der Waals surface area contributed by atoms with Gasteiger partial charge in [-0.3, -0.25) is 0 Å². The van der Waals surface area contributed by atoms with Crippen LogP contribution in [0.2, 0.25) is 0 Å². The first-order valence-corrected chi connectivity index (χ1v) is 5.69. The van der Waals surface area contributed by atoms with Gasteiger partial charge in [-0.15, -0.1) is 0 Å². The lowest BCUT2D eigenvalue weighted by Crippen LogP contribution is -2.14. The first kappa shape index (κ1) is 9.56. The van der Waals surface area contributed by atoms with Crippen LogP contribution in [0.15, 0.2) is 0 Å². The molecule has 0 radical (unpaired) electrons. The molecule has 1 aromatic heterocycles. The fraction of sp³-hybridized carbons (Fsp3) is 0.727. The molecule has 1 aromatic rings. The van der Waals surface area contributed by atoms with E-state index in [1.165, 1.54) is 36.3 Å². The number of rotatable bonds is 3. The summed E-state index contributed by atoms with van der Waals surface area (Å²) in [6.45, 7) is 6.44. The van der Waals surface area contributed by atoms with Gasteiger partial charge in [0.05, 0.1) is 5.69 Å². The molecular weight excluding hydrogens is 174 g/mol. The summed E-state index contributed by atoms with van der Waals surface area (Å²) in [7, 11) is 0. The third-order valence-corrected chi connectivity index (χ3v) is 2.82. The van der Waals surface area contributed by atoms with Crippen molar-refractivity contribution < 1.29 is 0 Å². The second kappa shape index (κ2) is 4.03. The third kappa shape index (κ3) is 1.51. The smallest absolute Gasteiger partial charge is 0.127 e. The van der Waals surface area contributed by atoms with E-state index in [1.807, 2.05) is 0 Å². The van der Waals surface area contributed by atoms with Crippen molar-refractivity contribution in [3.63, 3.8) is 0 Å². The number of fused-ring (bicyclic) bond motifs is 1. The summed E-state index contributed by atoms with van der Waals surface area (Å²) in [5.41, 5.74) is 2.79. The Balaban J connectivity index is 2.36. The molecule has 0 unspecified atom stereocenters. The van der Waals surface area contributed by atoms with Crippen LogP contribution in [-0.4, -0.2) is 16.3 Å². The van der Waals surface area contributed by atoms with Crippen molar-refractivity contribution >= 4 is 5.82 Å². The Labute approximate surface area is 85.5 Å². The van der Waals surface area contributed by atoms with Crippen LogP contribution >= 0.6 is 0 Å². The van der Waals surface area contributed by atoms with Crippen LogP contribution in [0.4, 0.5) is 5.82 Å². The van der Waals surface area contributed by atoms with Crippen LogP contribution in [0, 0.1) is 0 Å². The number of aryl methyl sites for hydroxylation is 2. The van der Waals surface area contributed by atoms with Gasteiger partial charge in [0.2, 0.25) is 0 Å². The lowest BCUT2D eigenvalue weighted by Gasteiger charge is -2.15. The van der Waals surface area contributed by atoms with Crippen LogP contribution in [0.5, 0.6) is 0 Å². The summed E-state index contributed by atoms with van der Waals surface area (Å²) in [5, 5.41) is 8.12. The highest BCUT2D eigenvalue weighted by Gasteiger charge is 2.18. The van der Waals surface area contributed by atoms with Crippen molar-refractivity contribution in [3.8, 4) is 0 Å². The van der Waals surface area contributed by atoms with Crippen LogP contribution in [0.25, 0.3) is 0 Å². The SMILES string of the molecule is CCCc1nn(CC)c2c1CCCN2. The van der Waals surface area contributed by atoms with Crippen molar-refractivity contribution in [1.29, 1.82) is 0 Å². The van der Waals surface area contributed by atoms with Crippen LogP contribution < -0.4 is 5.32 Å². The average Bonchev–Trinajstić information content (AvgIpc) is 2.58. The molecule has 1 N–H and O–H groups in total. The molecule has 3 heteroatoms. The number of aromatic nitrogens is 2. The van der Waals surface area contributed by atoms with Gasteiger partial charge in [-0.05, 0) is 26.2 Å². The molecule has 2 heterocycles. The van der Waals surface area contributed by atoms with E-state index in [0.717, 1.165) is 19.5 Å². The monoisotopic (exact) mass is 193 g/mol. The molecule has 0 bridgehead atoms. The lowest BCUT2D eigenvalue weighted by molar-refractivity contribution is 0.646. The highest BCUT2D eigenvalue weighted by atomic mass is 15.3. The van der Waals surface area contributed by atoms with Gasteiger partial charge in [0.1, 0.15) is 5.82 Å². The van der Waals surface area contributed by atoms with Gasteiger partial charge in [-0.2, -0.15) is 5.10 Å². The van der Waals surface area contributed by atoms with Crippen molar-refractivity contribution in [2.45, 2.75) is 46.1 Å². The molecule has 14 heavy (non-hydrogen) atoms. The van der Waals surface area contributed by atoms with Gasteiger partial charge in [0, 0.05) is 18.7 Å². The number of nitrogens with one attached hydrogen (secondary N) is 1. The first-order valence-electron chi connectivity index (χ1n) is 5.69. The average molecular weight is 193 g/mol. The molecule has 1 aliphatic heterocycles. The highest BCUT2D eigenvalue weighted by molar-refractivity contribution is 5.50. The lowest BCUT2D eigenvalue weighted by atomic mass is 10.0. The molecule has 0 aliphatic carbocycles. The maximum atomic E-state index is 4.65. The highest BCUT2D eigenvalue weighted by Crippen LogP contribution is 2.26. The Kier molecular flexibility index (Phi) is 2.75. The number of hydrogen-bond acceptors (Lipinski definition) is 2. The molecule has 0 saturated carbocycles. The van der Waals surface area contributed by atoms with E-state index in [9.17, 15) is 0 Å². The predicted molar refractivity (Wildman–Crippen MR) is 58.7 cm³/mol. The Morgan fingerprint density at radius 1 is 1.43 bits per heavy atom. The molecular formula is C11H19N3. The first-order chi connectivity index (χ1) is 6.86. The van der Waals surface area contributed by atoms with Crippen LogP contribution in [0.3, 0.4) is 0 Å². The van der Waals surface area contributed by atoms with E-state index in [-0.39, 0.29) is 0 Å². The van der Waals surface area contributed by atoms with Crippen molar-refractivity contribution in [1.82, 2.24) is 9.78 Å². The largest absolute Gasteiger partial charge is 0.370 e. The maximum absolute atomic E-state index is 4.65. The second-order valence-corrected chi connectivity index (χ2v) is 3.87. The van der Waals surface area contributed by atoms with Crippen LogP contribution in [-0.2, 0) is 19.4 Å². The molecule has 0 saturated heterocycles. The second-order valence-electron chi connectivity index (χ2n) is 3.87. The summed E-state index contributed by atoms with van der Waals surface area (Å²) < 4.78 is 2.11. The third-order valence-electron chi connectivity index (χ3n) is 2.82. The fourth-order valence-corrected chi connectivity index (χ4v) is 2.15. The zero-order valence-electron chi connectivity index (χ0n) is 9.14. The topological polar surface area (TPSA) is 29.9 Å². The van der Waals surface area contributed by atoms with Crippen LogP contribution in [0.1, 0.15) is 37.9 Å². The zero-order valence-corrected chi connectivity index (χ0v) is 9.14. The minimum absolute atomic E-state index is 0.971. The molecule has 78 valence electrons. The molecule has 0 amide bonds. The number of hydrogen-bond donors (Lipinski definition) is 1. The predicted octanol–water partition coefficient (Wildman–Crippen LogP) is 2.21. The van der Waals surface area contributed by atoms with Gasteiger partial charge >= 0.3 is 0 Å². The summed E-state index contributed by atoms with van der Waals surface area (Å²) in [6.07, 6.45) is 4.76. The Morgan fingerprint density at radius 2 is 2.29 bits per heavy atom. The van der Waals surface area contributed by atoms with Crippen molar-refractivity contribution in [3.05, 3.63) is 11.3 Å². The van der Waals surface area contributed by atoms with Gasteiger partial charge in [-0.25, -0.2) is 4.68 Å². The van der Waals surface area contributed by atoms with Gasteiger partial charge in [-0.1, -0.05) is 13.3 Å². The van der Waals surface area contributed by atoms with Gasteiger partial charge < -0.3 is 5.32 Å². The quantitative estimate of drug-likeness (QED) is 0.797. The number of anilines is 1. The van der Waals surface area contributed by atoms with E-state index in [0.29, 0.717) is 0 Å². The minimum Gasteiger partial charge on any atom is -0.370 e. The summed E-state index contributed by atoms with van der Waals surface area (Å²) in [5.74, 6) is 1.28. The minimum atomic E-state index is 0.971. The molecule has 0 aromatic carbocycles. The summed E-state index contributed by atoms with van der Waals surface area (Å²) in [6, 6.07) is 0. The standard InChI is InChI=1S/C11H19N3/c1-3-6-10-9-7-5-8-12-11(9)14(4-2)13-10/h12H,3-8H2,1-2H3.